The van der Waals surface area contributed by atoms with E-state index in [0.717, 1.165) is 10.0 Å². The summed E-state index contributed by atoms with van der Waals surface area (Å²) < 4.78 is 13.1. The monoisotopic (exact) mass is 378 g/mol. The van der Waals surface area contributed by atoms with E-state index in [1.807, 2.05) is 19.9 Å². The molecule has 0 radical (unpaired) electrons. The SMILES string of the molecule is COc1cc(Br)c(/C=C/C(=O)c2cnn(C(C)C)c2)cc1OC. The molecule has 0 saturated carbocycles. The van der Waals surface area contributed by atoms with Crippen LogP contribution in [0.1, 0.15) is 35.8 Å². The van der Waals surface area contributed by atoms with Crippen LogP contribution in [0.25, 0.3) is 6.08 Å². The molecule has 1 aromatic carbocycles. The quantitative estimate of drug-likeness (QED) is 0.559. The average molecular weight is 379 g/mol. The standard InChI is InChI=1S/C17H19BrN2O3/c1-11(2)20-10-13(9-19-20)15(21)6-5-12-7-16(22-3)17(23-4)8-14(12)18/h5-11H,1-4H3/b6-5+. The third kappa shape index (κ3) is 4.01. The molecule has 122 valence electrons. The minimum atomic E-state index is -0.0985. The van der Waals surface area contributed by atoms with Gasteiger partial charge in [0, 0.05) is 16.7 Å². The van der Waals surface area contributed by atoms with Crippen molar-refractivity contribution < 1.29 is 14.3 Å². The van der Waals surface area contributed by atoms with Crippen molar-refractivity contribution in [1.29, 1.82) is 0 Å². The second-order valence-electron chi connectivity index (χ2n) is 5.23. The predicted molar refractivity (Wildman–Crippen MR) is 93.2 cm³/mol. The molecule has 1 heterocycles. The molecule has 2 rings (SSSR count). The van der Waals surface area contributed by atoms with Gasteiger partial charge < -0.3 is 9.47 Å². The number of ketones is 1. The van der Waals surface area contributed by atoms with Gasteiger partial charge in [0.15, 0.2) is 17.3 Å². The Morgan fingerprint density at radius 1 is 1.26 bits per heavy atom. The van der Waals surface area contributed by atoms with Crippen LogP contribution in [0.2, 0.25) is 0 Å². The van der Waals surface area contributed by atoms with Gasteiger partial charge in [-0.25, -0.2) is 0 Å². The molecule has 0 aliphatic carbocycles. The Kier molecular flexibility index (Phi) is 5.60. The van der Waals surface area contributed by atoms with Crippen molar-refractivity contribution in [1.82, 2.24) is 9.78 Å². The fourth-order valence-corrected chi connectivity index (χ4v) is 2.46. The van der Waals surface area contributed by atoms with Crippen molar-refractivity contribution in [3.05, 3.63) is 46.2 Å². The molecular formula is C17H19BrN2O3. The molecule has 0 unspecified atom stereocenters. The molecule has 2 aromatic rings. The van der Waals surface area contributed by atoms with Crippen LogP contribution in [0.3, 0.4) is 0 Å². The van der Waals surface area contributed by atoms with Gasteiger partial charge in [-0.15, -0.1) is 0 Å². The first-order chi connectivity index (χ1) is 11.0. The van der Waals surface area contributed by atoms with Crippen molar-refractivity contribution in [3.63, 3.8) is 0 Å². The van der Waals surface area contributed by atoms with Gasteiger partial charge in [0.2, 0.25) is 0 Å². The minimum absolute atomic E-state index is 0.0985. The molecule has 0 amide bonds. The van der Waals surface area contributed by atoms with E-state index in [-0.39, 0.29) is 11.8 Å². The zero-order valence-corrected chi connectivity index (χ0v) is 15.1. The number of benzene rings is 1. The summed E-state index contributed by atoms with van der Waals surface area (Å²) in [6, 6.07) is 3.84. The van der Waals surface area contributed by atoms with Gasteiger partial charge in [-0.1, -0.05) is 15.9 Å². The van der Waals surface area contributed by atoms with E-state index in [9.17, 15) is 4.79 Å². The molecule has 0 spiro atoms. The molecule has 0 N–H and O–H groups in total. The summed E-state index contributed by atoms with van der Waals surface area (Å²) in [7, 11) is 3.15. The third-order valence-electron chi connectivity index (χ3n) is 3.33. The molecule has 0 aliphatic heterocycles. The maximum Gasteiger partial charge on any atom is 0.189 e. The molecule has 0 saturated heterocycles. The highest BCUT2D eigenvalue weighted by Gasteiger charge is 2.10. The minimum Gasteiger partial charge on any atom is -0.493 e. The molecule has 23 heavy (non-hydrogen) atoms. The van der Waals surface area contributed by atoms with Crippen LogP contribution < -0.4 is 9.47 Å². The summed E-state index contributed by atoms with van der Waals surface area (Å²) in [5.41, 5.74) is 1.39. The number of hydrogen-bond acceptors (Lipinski definition) is 4. The summed E-state index contributed by atoms with van der Waals surface area (Å²) in [5.74, 6) is 1.13. The van der Waals surface area contributed by atoms with E-state index in [2.05, 4.69) is 21.0 Å². The number of carbonyl (C=O) groups excluding carboxylic acids is 1. The number of nitrogens with zero attached hydrogens (tertiary/aromatic N) is 2. The average Bonchev–Trinajstić information content (AvgIpc) is 3.03. The van der Waals surface area contributed by atoms with Gasteiger partial charge in [0.25, 0.3) is 0 Å². The number of halogens is 1. The van der Waals surface area contributed by atoms with E-state index in [1.54, 1.807) is 43.4 Å². The maximum atomic E-state index is 12.2. The molecular weight excluding hydrogens is 360 g/mol. The van der Waals surface area contributed by atoms with E-state index in [4.69, 9.17) is 9.47 Å². The van der Waals surface area contributed by atoms with E-state index in [0.29, 0.717) is 17.1 Å². The van der Waals surface area contributed by atoms with Gasteiger partial charge in [0.1, 0.15) is 0 Å². The number of ether oxygens (including phenoxy) is 2. The zero-order valence-electron chi connectivity index (χ0n) is 13.5. The van der Waals surface area contributed by atoms with Gasteiger partial charge in [-0.2, -0.15) is 5.10 Å². The second kappa shape index (κ2) is 7.46. The van der Waals surface area contributed by atoms with Crippen LogP contribution in [0.5, 0.6) is 11.5 Å². The first kappa shape index (κ1) is 17.3. The van der Waals surface area contributed by atoms with E-state index in [1.165, 1.54) is 6.08 Å². The highest BCUT2D eigenvalue weighted by Crippen LogP contribution is 2.33. The Labute approximate surface area is 144 Å². The Balaban J connectivity index is 2.23. The van der Waals surface area contributed by atoms with Gasteiger partial charge >= 0.3 is 0 Å². The highest BCUT2D eigenvalue weighted by atomic mass is 79.9. The molecule has 5 nitrogen and oxygen atoms in total. The number of methoxy groups -OCH3 is 2. The largest absolute Gasteiger partial charge is 0.493 e. The van der Waals surface area contributed by atoms with E-state index >= 15 is 0 Å². The lowest BCUT2D eigenvalue weighted by atomic mass is 10.1. The van der Waals surface area contributed by atoms with Crippen LogP contribution in [0.15, 0.2) is 35.1 Å². The smallest absolute Gasteiger partial charge is 0.189 e. The van der Waals surface area contributed by atoms with Crippen molar-refractivity contribution in [3.8, 4) is 11.5 Å². The van der Waals surface area contributed by atoms with Crippen molar-refractivity contribution in [2.45, 2.75) is 19.9 Å². The molecule has 6 heteroatoms. The summed E-state index contributed by atoms with van der Waals surface area (Å²) in [6.07, 6.45) is 6.59. The summed E-state index contributed by atoms with van der Waals surface area (Å²) in [6.45, 7) is 4.02. The maximum absolute atomic E-state index is 12.2. The normalized spacial score (nSPS) is 11.2. The van der Waals surface area contributed by atoms with Crippen molar-refractivity contribution >= 4 is 27.8 Å². The number of allylic oxidation sites excluding steroid dienone is 1. The molecule has 0 bridgehead atoms. The van der Waals surface area contributed by atoms with Crippen LogP contribution in [0.4, 0.5) is 0 Å². The van der Waals surface area contributed by atoms with Crippen LogP contribution >= 0.6 is 15.9 Å². The van der Waals surface area contributed by atoms with Gasteiger partial charge in [0.05, 0.1) is 26.0 Å². The number of hydrogen-bond donors (Lipinski definition) is 0. The van der Waals surface area contributed by atoms with Gasteiger partial charge in [-0.05, 0) is 43.7 Å². The topological polar surface area (TPSA) is 53.3 Å². The van der Waals surface area contributed by atoms with Crippen molar-refractivity contribution in [2.24, 2.45) is 0 Å². The lowest BCUT2D eigenvalue weighted by Gasteiger charge is -2.09. The Bertz CT molecular complexity index is 735. The Hall–Kier alpha value is -2.08. The van der Waals surface area contributed by atoms with Crippen molar-refractivity contribution in [2.75, 3.05) is 14.2 Å². The lowest BCUT2D eigenvalue weighted by Crippen LogP contribution is -2.00. The predicted octanol–water partition coefficient (Wildman–Crippen LogP) is 4.14. The third-order valence-corrected chi connectivity index (χ3v) is 4.02. The number of aromatic nitrogens is 2. The zero-order chi connectivity index (χ0) is 17.0. The fraction of sp³-hybridized carbons (Fsp3) is 0.294. The van der Waals surface area contributed by atoms with Crippen LogP contribution in [-0.2, 0) is 0 Å². The van der Waals surface area contributed by atoms with E-state index < -0.39 is 0 Å². The second-order valence-corrected chi connectivity index (χ2v) is 6.08. The Morgan fingerprint density at radius 3 is 2.48 bits per heavy atom. The summed E-state index contributed by atoms with van der Waals surface area (Å²) >= 11 is 3.47. The first-order valence-corrected chi connectivity index (χ1v) is 7.93. The lowest BCUT2D eigenvalue weighted by molar-refractivity contribution is 0.104. The van der Waals surface area contributed by atoms with Crippen LogP contribution in [0, 0.1) is 0 Å². The summed E-state index contributed by atoms with van der Waals surface area (Å²) in [4.78, 5) is 12.2. The summed E-state index contributed by atoms with van der Waals surface area (Å²) in [5, 5.41) is 4.18. The first-order valence-electron chi connectivity index (χ1n) is 7.14. The molecule has 0 aliphatic rings. The number of carbonyl (C=O) groups is 1. The fourth-order valence-electron chi connectivity index (χ4n) is 2.01. The molecule has 1 aromatic heterocycles. The molecule has 0 atom stereocenters. The highest BCUT2D eigenvalue weighted by molar-refractivity contribution is 9.10. The van der Waals surface area contributed by atoms with Gasteiger partial charge in [-0.3, -0.25) is 9.48 Å². The Morgan fingerprint density at radius 2 is 1.91 bits per heavy atom. The number of rotatable bonds is 6. The van der Waals surface area contributed by atoms with Crippen LogP contribution in [-0.4, -0.2) is 29.8 Å². The molecule has 0 fully saturated rings.